The maximum atomic E-state index is 11.7. The molecule has 0 saturated carbocycles. The van der Waals surface area contributed by atoms with Crippen molar-refractivity contribution in [2.24, 2.45) is 10.7 Å². The van der Waals surface area contributed by atoms with Gasteiger partial charge in [0.15, 0.2) is 0 Å². The van der Waals surface area contributed by atoms with Crippen molar-refractivity contribution in [2.75, 3.05) is 5.32 Å². The van der Waals surface area contributed by atoms with Crippen LogP contribution in [0.3, 0.4) is 0 Å². The Morgan fingerprint density at radius 2 is 2.18 bits per heavy atom. The Morgan fingerprint density at radius 3 is 2.95 bits per heavy atom. The third kappa shape index (κ3) is 2.88. The minimum absolute atomic E-state index is 0.00904. The van der Waals surface area contributed by atoms with Gasteiger partial charge in [-0.05, 0) is 24.1 Å². The fraction of sp³-hybridized carbons (Fsp3) is 0.200. The molecular weight excluding hydrogens is 282 g/mol. The molecule has 3 rings (SSSR count). The van der Waals surface area contributed by atoms with Crippen LogP contribution in [0.15, 0.2) is 46.3 Å². The molecule has 2 heterocycles. The lowest BCUT2D eigenvalue weighted by molar-refractivity contribution is -0.118. The summed E-state index contributed by atoms with van der Waals surface area (Å²) in [5.41, 5.74) is 6.96. The zero-order valence-corrected chi connectivity index (χ0v) is 11.7. The number of H-pyrrole nitrogens is 1. The lowest BCUT2D eigenvalue weighted by Crippen LogP contribution is -2.37. The van der Waals surface area contributed by atoms with Gasteiger partial charge in [-0.2, -0.15) is 0 Å². The van der Waals surface area contributed by atoms with E-state index >= 15 is 0 Å². The number of primary amides is 1. The van der Waals surface area contributed by atoms with Crippen LogP contribution in [0.2, 0.25) is 0 Å². The highest BCUT2D eigenvalue weighted by atomic mass is 16.1. The van der Waals surface area contributed by atoms with Crippen LogP contribution in [-0.4, -0.2) is 28.1 Å². The maximum Gasteiger partial charge on any atom is 0.346 e. The summed E-state index contributed by atoms with van der Waals surface area (Å²) >= 11 is 0. The molecule has 2 unspecified atom stereocenters. The summed E-state index contributed by atoms with van der Waals surface area (Å²) in [5, 5.41) is 2.95. The Hall–Kier alpha value is -2.96. The van der Waals surface area contributed by atoms with E-state index in [9.17, 15) is 9.59 Å². The van der Waals surface area contributed by atoms with E-state index in [2.05, 4.69) is 20.3 Å². The molecule has 0 fully saturated rings. The normalized spacial score (nSPS) is 17.0. The van der Waals surface area contributed by atoms with Crippen molar-refractivity contribution >= 4 is 23.6 Å². The van der Waals surface area contributed by atoms with E-state index in [4.69, 9.17) is 5.73 Å². The molecule has 1 aromatic heterocycles. The smallest absolute Gasteiger partial charge is 0.346 e. The lowest BCUT2D eigenvalue weighted by Gasteiger charge is -2.19. The number of amides is 1. The first-order chi connectivity index (χ1) is 10.6. The Balaban J connectivity index is 1.77. The summed E-state index contributed by atoms with van der Waals surface area (Å²) in [7, 11) is 0. The maximum absolute atomic E-state index is 11.7. The molecule has 1 aromatic carbocycles. The molecule has 0 aliphatic carbocycles. The number of benzene rings is 1. The van der Waals surface area contributed by atoms with Crippen LogP contribution in [0.1, 0.15) is 17.9 Å². The summed E-state index contributed by atoms with van der Waals surface area (Å²) in [6.07, 6.45) is 3.64. The van der Waals surface area contributed by atoms with Gasteiger partial charge in [0.05, 0.1) is 5.69 Å². The van der Waals surface area contributed by atoms with Gasteiger partial charge in [0.1, 0.15) is 11.9 Å². The molecule has 1 amide bonds. The lowest BCUT2D eigenvalue weighted by atomic mass is 9.93. The zero-order valence-electron chi connectivity index (χ0n) is 11.7. The van der Waals surface area contributed by atoms with Gasteiger partial charge in [0, 0.05) is 18.3 Å². The monoisotopic (exact) mass is 297 g/mol. The van der Waals surface area contributed by atoms with E-state index < -0.39 is 17.6 Å². The number of aromatic nitrogens is 2. The molecule has 1 aliphatic heterocycles. The minimum Gasteiger partial charge on any atom is -0.368 e. The number of anilines is 1. The van der Waals surface area contributed by atoms with E-state index in [1.165, 1.54) is 6.20 Å². The second kappa shape index (κ2) is 5.80. The molecule has 2 aromatic rings. The summed E-state index contributed by atoms with van der Waals surface area (Å²) in [6.45, 7) is 0. The first kappa shape index (κ1) is 14.0. The minimum atomic E-state index is -0.624. The zero-order chi connectivity index (χ0) is 15.5. The number of nitrogens with zero attached hydrogens (tertiary/aromatic N) is 2. The van der Waals surface area contributed by atoms with Crippen LogP contribution in [0.5, 0.6) is 0 Å². The molecule has 2 atom stereocenters. The van der Waals surface area contributed by atoms with Crippen LogP contribution in [0.4, 0.5) is 11.5 Å². The second-order valence-electron chi connectivity index (χ2n) is 5.07. The number of nitrogens with one attached hydrogen (secondary N) is 2. The highest BCUT2D eigenvalue weighted by Crippen LogP contribution is 2.34. The average Bonchev–Trinajstić information content (AvgIpc) is 2.90. The molecular formula is C15H15N5O2. The van der Waals surface area contributed by atoms with E-state index in [0.29, 0.717) is 12.2 Å². The molecule has 1 aliphatic rings. The van der Waals surface area contributed by atoms with Crippen LogP contribution >= 0.6 is 0 Å². The van der Waals surface area contributed by atoms with Crippen molar-refractivity contribution < 1.29 is 4.79 Å². The van der Waals surface area contributed by atoms with Gasteiger partial charge < -0.3 is 11.1 Å². The van der Waals surface area contributed by atoms with Crippen molar-refractivity contribution in [3.63, 3.8) is 0 Å². The average molecular weight is 297 g/mol. The number of aliphatic imine (C=N–C) groups is 1. The van der Waals surface area contributed by atoms with Gasteiger partial charge in [0.25, 0.3) is 0 Å². The van der Waals surface area contributed by atoms with Crippen LogP contribution in [-0.2, 0) is 4.79 Å². The van der Waals surface area contributed by atoms with Crippen LogP contribution in [0.25, 0.3) is 0 Å². The van der Waals surface area contributed by atoms with Gasteiger partial charge in [-0.3, -0.25) is 14.8 Å². The summed E-state index contributed by atoms with van der Waals surface area (Å²) in [4.78, 5) is 33.3. The molecule has 0 saturated heterocycles. The Kier molecular flexibility index (Phi) is 3.69. The van der Waals surface area contributed by atoms with Gasteiger partial charge in [-0.1, -0.05) is 18.2 Å². The third-order valence-corrected chi connectivity index (χ3v) is 3.57. The van der Waals surface area contributed by atoms with Crippen molar-refractivity contribution in [3.05, 3.63) is 52.6 Å². The van der Waals surface area contributed by atoms with Crippen molar-refractivity contribution in [2.45, 2.75) is 18.4 Å². The second-order valence-corrected chi connectivity index (χ2v) is 5.07. The number of carbonyl (C=O) groups is 1. The Bertz CT molecular complexity index is 783. The highest BCUT2D eigenvalue weighted by molar-refractivity contribution is 5.85. The van der Waals surface area contributed by atoms with Crippen molar-refractivity contribution in [3.8, 4) is 0 Å². The first-order valence-corrected chi connectivity index (χ1v) is 6.88. The summed E-state index contributed by atoms with van der Waals surface area (Å²) < 4.78 is 0. The first-order valence-electron chi connectivity index (χ1n) is 6.88. The Morgan fingerprint density at radius 1 is 1.36 bits per heavy atom. The number of hydrogen-bond donors (Lipinski definition) is 3. The van der Waals surface area contributed by atoms with Gasteiger partial charge >= 0.3 is 5.69 Å². The number of fused-ring (bicyclic) bond motifs is 1. The standard InChI is InChI=1S/C15H15N5O2/c16-14(21)12(19-13-5-6-17-15(22)20-13)7-9-8-18-11-4-2-1-3-10(9)11/h1-6,8-9,12H,7H2,(H2,16,21)(H2,17,19,20,22). The van der Waals surface area contributed by atoms with Crippen LogP contribution in [0, 0.1) is 0 Å². The van der Waals surface area contributed by atoms with E-state index in [1.807, 2.05) is 30.5 Å². The molecule has 7 nitrogen and oxygen atoms in total. The predicted octanol–water partition coefficient (Wildman–Crippen LogP) is 0.925. The Labute approximate surface area is 126 Å². The van der Waals surface area contributed by atoms with Crippen LogP contribution < -0.4 is 16.7 Å². The fourth-order valence-electron chi connectivity index (χ4n) is 2.50. The molecule has 0 radical (unpaired) electrons. The predicted molar refractivity (Wildman–Crippen MR) is 83.4 cm³/mol. The summed E-state index contributed by atoms with van der Waals surface area (Å²) in [6, 6.07) is 8.73. The van der Waals surface area contributed by atoms with Gasteiger partial charge in [0.2, 0.25) is 5.91 Å². The molecule has 4 N–H and O–H groups in total. The SMILES string of the molecule is NC(=O)C(CC1C=Nc2ccccc21)Nc1ccnc(=O)[nH]1. The van der Waals surface area contributed by atoms with E-state index in [-0.39, 0.29) is 5.92 Å². The quantitative estimate of drug-likeness (QED) is 0.761. The highest BCUT2D eigenvalue weighted by Gasteiger charge is 2.25. The van der Waals surface area contributed by atoms with Crippen molar-refractivity contribution in [1.82, 2.24) is 9.97 Å². The number of hydrogen-bond acceptors (Lipinski definition) is 5. The van der Waals surface area contributed by atoms with Gasteiger partial charge in [-0.25, -0.2) is 9.78 Å². The number of carbonyl (C=O) groups excluding carboxylic acids is 1. The van der Waals surface area contributed by atoms with E-state index in [0.717, 1.165) is 11.3 Å². The third-order valence-electron chi connectivity index (χ3n) is 3.57. The molecule has 22 heavy (non-hydrogen) atoms. The molecule has 7 heteroatoms. The summed E-state index contributed by atoms with van der Waals surface area (Å²) in [5.74, 6) is -0.0720. The van der Waals surface area contributed by atoms with E-state index in [1.54, 1.807) is 6.07 Å². The molecule has 112 valence electrons. The fourth-order valence-corrected chi connectivity index (χ4v) is 2.50. The molecule has 0 bridgehead atoms. The number of nitrogens with two attached hydrogens (primary N) is 1. The number of para-hydroxylation sites is 1. The van der Waals surface area contributed by atoms with Crippen molar-refractivity contribution in [1.29, 1.82) is 0 Å². The van der Waals surface area contributed by atoms with Gasteiger partial charge in [-0.15, -0.1) is 0 Å². The largest absolute Gasteiger partial charge is 0.368 e. The number of rotatable bonds is 5. The molecule has 0 spiro atoms. The topological polar surface area (TPSA) is 113 Å². The number of aromatic amines is 1.